The zero-order valence-electron chi connectivity index (χ0n) is 12.3. The standard InChI is InChI=1S/C16H33N/c1-4-7-9-14(5-2)12-16(17-6-3)13-15-10-8-11-15/h14-17H,4-13H2,1-3H3. The molecule has 1 N–H and O–H groups in total. The SMILES string of the molecule is CCCCC(CC)CC(CC1CCC1)NCC. The highest BCUT2D eigenvalue weighted by Gasteiger charge is 2.23. The molecular formula is C16H33N. The van der Waals surface area contributed by atoms with Crippen molar-refractivity contribution in [3.8, 4) is 0 Å². The lowest BCUT2D eigenvalue weighted by molar-refractivity contribution is 0.236. The molecule has 0 bridgehead atoms. The molecule has 102 valence electrons. The second-order valence-corrected chi connectivity index (χ2v) is 5.94. The summed E-state index contributed by atoms with van der Waals surface area (Å²) in [7, 11) is 0. The Hall–Kier alpha value is -0.0400. The maximum absolute atomic E-state index is 3.72. The molecule has 0 heterocycles. The summed E-state index contributed by atoms with van der Waals surface area (Å²) >= 11 is 0. The Kier molecular flexibility index (Phi) is 7.92. The average molecular weight is 239 g/mol. The van der Waals surface area contributed by atoms with Crippen LogP contribution in [0, 0.1) is 11.8 Å². The second-order valence-electron chi connectivity index (χ2n) is 5.94. The minimum absolute atomic E-state index is 0.798. The van der Waals surface area contributed by atoms with E-state index in [2.05, 4.69) is 26.1 Å². The van der Waals surface area contributed by atoms with Crippen molar-refractivity contribution in [2.24, 2.45) is 11.8 Å². The quantitative estimate of drug-likeness (QED) is 0.579. The largest absolute Gasteiger partial charge is 0.314 e. The Morgan fingerprint density at radius 3 is 2.41 bits per heavy atom. The Morgan fingerprint density at radius 1 is 1.18 bits per heavy atom. The highest BCUT2D eigenvalue weighted by Crippen LogP contribution is 2.32. The summed E-state index contributed by atoms with van der Waals surface area (Å²) in [6.45, 7) is 8.07. The maximum Gasteiger partial charge on any atom is 0.00722 e. The van der Waals surface area contributed by atoms with Gasteiger partial charge in [-0.1, -0.05) is 65.7 Å². The second kappa shape index (κ2) is 8.97. The van der Waals surface area contributed by atoms with Crippen LogP contribution in [0.4, 0.5) is 0 Å². The summed E-state index contributed by atoms with van der Waals surface area (Å²) in [5.74, 6) is 2.00. The first kappa shape index (κ1) is 15.0. The van der Waals surface area contributed by atoms with Gasteiger partial charge in [0, 0.05) is 6.04 Å². The van der Waals surface area contributed by atoms with Crippen molar-refractivity contribution in [1.82, 2.24) is 5.32 Å². The Labute approximate surface area is 109 Å². The summed E-state index contributed by atoms with van der Waals surface area (Å²) < 4.78 is 0. The van der Waals surface area contributed by atoms with E-state index in [1.165, 1.54) is 57.8 Å². The van der Waals surface area contributed by atoms with E-state index in [1.807, 2.05) is 0 Å². The van der Waals surface area contributed by atoms with Crippen LogP contribution in [0.3, 0.4) is 0 Å². The number of nitrogens with one attached hydrogen (secondary N) is 1. The predicted molar refractivity (Wildman–Crippen MR) is 77.3 cm³/mol. The lowest BCUT2D eigenvalue weighted by Crippen LogP contribution is -2.34. The predicted octanol–water partition coefficient (Wildman–Crippen LogP) is 4.76. The van der Waals surface area contributed by atoms with Gasteiger partial charge in [-0.3, -0.25) is 0 Å². The van der Waals surface area contributed by atoms with Gasteiger partial charge < -0.3 is 5.32 Å². The van der Waals surface area contributed by atoms with Gasteiger partial charge in [0.2, 0.25) is 0 Å². The molecule has 2 unspecified atom stereocenters. The molecule has 0 radical (unpaired) electrons. The first-order chi connectivity index (χ1) is 8.30. The molecule has 1 heteroatoms. The van der Waals surface area contributed by atoms with E-state index in [0.717, 1.165) is 24.4 Å². The van der Waals surface area contributed by atoms with Crippen molar-refractivity contribution in [2.75, 3.05) is 6.54 Å². The zero-order valence-corrected chi connectivity index (χ0v) is 12.3. The molecule has 0 aliphatic heterocycles. The van der Waals surface area contributed by atoms with Crippen LogP contribution >= 0.6 is 0 Å². The topological polar surface area (TPSA) is 12.0 Å². The number of unbranched alkanes of at least 4 members (excludes halogenated alkanes) is 1. The third kappa shape index (κ3) is 5.90. The lowest BCUT2D eigenvalue weighted by Gasteiger charge is -2.32. The smallest absolute Gasteiger partial charge is 0.00722 e. The molecule has 1 saturated carbocycles. The molecule has 1 nitrogen and oxygen atoms in total. The van der Waals surface area contributed by atoms with E-state index in [9.17, 15) is 0 Å². The van der Waals surface area contributed by atoms with Crippen LogP contribution in [0.15, 0.2) is 0 Å². The fourth-order valence-corrected chi connectivity index (χ4v) is 3.07. The molecule has 0 amide bonds. The molecule has 0 spiro atoms. The zero-order chi connectivity index (χ0) is 12.5. The van der Waals surface area contributed by atoms with Gasteiger partial charge in [0.05, 0.1) is 0 Å². The van der Waals surface area contributed by atoms with Crippen LogP contribution in [-0.2, 0) is 0 Å². The Balaban J connectivity index is 2.28. The summed E-state index contributed by atoms with van der Waals surface area (Å²) in [5, 5.41) is 3.72. The van der Waals surface area contributed by atoms with Crippen LogP contribution in [0.1, 0.15) is 78.6 Å². The van der Waals surface area contributed by atoms with Crippen LogP contribution in [-0.4, -0.2) is 12.6 Å². The first-order valence-corrected chi connectivity index (χ1v) is 8.03. The molecular weight excluding hydrogens is 206 g/mol. The lowest BCUT2D eigenvalue weighted by atomic mass is 9.78. The van der Waals surface area contributed by atoms with Gasteiger partial charge in [-0.05, 0) is 31.2 Å². The minimum Gasteiger partial charge on any atom is -0.314 e. The fraction of sp³-hybridized carbons (Fsp3) is 1.00. The Morgan fingerprint density at radius 2 is 1.94 bits per heavy atom. The highest BCUT2D eigenvalue weighted by molar-refractivity contribution is 4.79. The van der Waals surface area contributed by atoms with Gasteiger partial charge >= 0.3 is 0 Å². The Bertz CT molecular complexity index is 174. The van der Waals surface area contributed by atoms with E-state index in [0.29, 0.717) is 0 Å². The van der Waals surface area contributed by atoms with Crippen LogP contribution < -0.4 is 5.32 Å². The van der Waals surface area contributed by atoms with Gasteiger partial charge in [-0.15, -0.1) is 0 Å². The molecule has 17 heavy (non-hydrogen) atoms. The van der Waals surface area contributed by atoms with Crippen molar-refractivity contribution in [1.29, 1.82) is 0 Å². The van der Waals surface area contributed by atoms with Gasteiger partial charge in [-0.25, -0.2) is 0 Å². The highest BCUT2D eigenvalue weighted by atomic mass is 14.9. The molecule has 0 aromatic heterocycles. The maximum atomic E-state index is 3.72. The monoisotopic (exact) mass is 239 g/mol. The van der Waals surface area contributed by atoms with Crippen LogP contribution in [0.2, 0.25) is 0 Å². The minimum atomic E-state index is 0.798. The van der Waals surface area contributed by atoms with Crippen molar-refractivity contribution < 1.29 is 0 Å². The van der Waals surface area contributed by atoms with Gasteiger partial charge in [0.15, 0.2) is 0 Å². The van der Waals surface area contributed by atoms with E-state index >= 15 is 0 Å². The number of rotatable bonds is 10. The third-order valence-corrected chi connectivity index (χ3v) is 4.50. The van der Waals surface area contributed by atoms with Crippen molar-refractivity contribution in [2.45, 2.75) is 84.6 Å². The van der Waals surface area contributed by atoms with E-state index in [4.69, 9.17) is 0 Å². The third-order valence-electron chi connectivity index (χ3n) is 4.50. The van der Waals surface area contributed by atoms with Crippen molar-refractivity contribution >= 4 is 0 Å². The van der Waals surface area contributed by atoms with Gasteiger partial charge in [-0.2, -0.15) is 0 Å². The summed E-state index contributed by atoms with van der Waals surface area (Å²) in [5.41, 5.74) is 0. The van der Waals surface area contributed by atoms with E-state index < -0.39 is 0 Å². The molecule has 0 aromatic carbocycles. The normalized spacial score (nSPS) is 19.9. The van der Waals surface area contributed by atoms with E-state index in [-0.39, 0.29) is 0 Å². The number of hydrogen-bond donors (Lipinski definition) is 1. The van der Waals surface area contributed by atoms with Crippen molar-refractivity contribution in [3.63, 3.8) is 0 Å². The van der Waals surface area contributed by atoms with E-state index in [1.54, 1.807) is 0 Å². The summed E-state index contributed by atoms with van der Waals surface area (Å²) in [4.78, 5) is 0. The molecule has 1 aliphatic rings. The molecule has 1 fully saturated rings. The van der Waals surface area contributed by atoms with Crippen molar-refractivity contribution in [3.05, 3.63) is 0 Å². The first-order valence-electron chi connectivity index (χ1n) is 8.03. The average Bonchev–Trinajstić information content (AvgIpc) is 2.28. The van der Waals surface area contributed by atoms with Gasteiger partial charge in [0.25, 0.3) is 0 Å². The molecule has 2 atom stereocenters. The molecule has 1 aliphatic carbocycles. The summed E-state index contributed by atoms with van der Waals surface area (Å²) in [6, 6.07) is 0.798. The van der Waals surface area contributed by atoms with Gasteiger partial charge in [0.1, 0.15) is 0 Å². The molecule has 0 aromatic rings. The summed E-state index contributed by atoms with van der Waals surface area (Å²) in [6.07, 6.45) is 12.9. The number of hydrogen-bond acceptors (Lipinski definition) is 1. The molecule has 0 saturated heterocycles. The molecule has 1 rings (SSSR count). The van der Waals surface area contributed by atoms with Crippen LogP contribution in [0.25, 0.3) is 0 Å². The fourth-order valence-electron chi connectivity index (χ4n) is 3.07. The van der Waals surface area contributed by atoms with Crippen LogP contribution in [0.5, 0.6) is 0 Å².